The lowest BCUT2D eigenvalue weighted by molar-refractivity contribution is 0.0680. The molecule has 2 heterocycles. The highest BCUT2D eigenvalue weighted by Gasteiger charge is 2.16. The number of hydrogen-bond donors (Lipinski definition) is 0. The summed E-state index contributed by atoms with van der Waals surface area (Å²) in [6, 6.07) is 5.26. The van der Waals surface area contributed by atoms with Gasteiger partial charge in [-0.05, 0) is 18.2 Å². The van der Waals surface area contributed by atoms with Crippen LogP contribution < -0.4 is 0 Å². The van der Waals surface area contributed by atoms with Crippen LogP contribution in [0.1, 0.15) is 15.9 Å². The first kappa shape index (κ1) is 13.3. The van der Waals surface area contributed by atoms with E-state index in [2.05, 4.69) is 4.98 Å². The van der Waals surface area contributed by atoms with Crippen molar-refractivity contribution >= 4 is 5.91 Å². The first-order chi connectivity index (χ1) is 9.31. The molecule has 5 nitrogen and oxygen atoms in total. The summed E-state index contributed by atoms with van der Waals surface area (Å²) in [7, 11) is 1.62. The van der Waals surface area contributed by atoms with Gasteiger partial charge in [-0.3, -0.25) is 9.78 Å². The lowest BCUT2D eigenvalue weighted by Crippen LogP contribution is -2.33. The summed E-state index contributed by atoms with van der Waals surface area (Å²) in [6.45, 7) is 1.53. The molecule has 0 radical (unpaired) electrons. The Balaban J connectivity index is 2.10. The monoisotopic (exact) mass is 260 g/mol. The molecule has 0 aliphatic heterocycles. The second-order valence-electron chi connectivity index (χ2n) is 4.09. The van der Waals surface area contributed by atoms with Crippen LogP contribution in [0.25, 0.3) is 0 Å². The zero-order valence-corrected chi connectivity index (χ0v) is 10.8. The van der Waals surface area contributed by atoms with Crippen molar-refractivity contribution in [1.29, 1.82) is 0 Å². The Morgan fingerprint density at radius 2 is 2.16 bits per heavy atom. The zero-order chi connectivity index (χ0) is 13.5. The quantitative estimate of drug-likeness (QED) is 0.796. The van der Waals surface area contributed by atoms with E-state index in [1.165, 1.54) is 0 Å². The molecule has 100 valence electrons. The zero-order valence-electron chi connectivity index (χ0n) is 10.8. The molecule has 0 saturated heterocycles. The average Bonchev–Trinajstić information content (AvgIpc) is 2.96. The van der Waals surface area contributed by atoms with E-state index in [9.17, 15) is 4.79 Å². The number of hydrogen-bond acceptors (Lipinski definition) is 4. The molecule has 0 N–H and O–H groups in total. The van der Waals surface area contributed by atoms with E-state index < -0.39 is 0 Å². The third-order valence-electron chi connectivity index (χ3n) is 2.73. The number of furan rings is 1. The lowest BCUT2D eigenvalue weighted by atomic mass is 10.2. The molecule has 0 saturated carbocycles. The van der Waals surface area contributed by atoms with Crippen molar-refractivity contribution in [3.8, 4) is 0 Å². The number of rotatable bonds is 6. The molecule has 0 aliphatic carbocycles. The van der Waals surface area contributed by atoms with Gasteiger partial charge in [0, 0.05) is 43.7 Å². The summed E-state index contributed by atoms with van der Waals surface area (Å²) in [5.41, 5.74) is 1.58. The molecular weight excluding hydrogens is 244 g/mol. The number of ether oxygens (including phenoxy) is 1. The molecule has 0 aromatic carbocycles. The molecular formula is C14H16N2O3. The predicted octanol–water partition coefficient (Wildman–Crippen LogP) is 1.96. The van der Waals surface area contributed by atoms with E-state index in [1.54, 1.807) is 49.1 Å². The van der Waals surface area contributed by atoms with Crippen molar-refractivity contribution in [2.24, 2.45) is 0 Å². The standard InChI is InChI=1S/C14H16N2O3/c1-18-9-7-16(10-12-4-8-19-11-12)14(17)13-2-5-15-6-3-13/h2-6,8,11H,7,9-10H2,1H3. The maximum atomic E-state index is 12.4. The Bertz CT molecular complexity index is 497. The molecule has 2 rings (SSSR count). The fourth-order valence-electron chi connectivity index (χ4n) is 1.73. The van der Waals surface area contributed by atoms with Gasteiger partial charge in [-0.25, -0.2) is 0 Å². The van der Waals surface area contributed by atoms with E-state index in [0.29, 0.717) is 25.3 Å². The van der Waals surface area contributed by atoms with E-state index >= 15 is 0 Å². The van der Waals surface area contributed by atoms with E-state index in [1.807, 2.05) is 6.07 Å². The molecule has 19 heavy (non-hydrogen) atoms. The highest BCUT2D eigenvalue weighted by atomic mass is 16.5. The van der Waals surface area contributed by atoms with Crippen molar-refractivity contribution < 1.29 is 13.9 Å². The Kier molecular flexibility index (Phi) is 4.69. The van der Waals surface area contributed by atoms with Gasteiger partial charge >= 0.3 is 0 Å². The number of pyridine rings is 1. The SMILES string of the molecule is COCCN(Cc1ccoc1)C(=O)c1ccncc1. The second kappa shape index (κ2) is 6.70. The summed E-state index contributed by atoms with van der Waals surface area (Å²) >= 11 is 0. The van der Waals surface area contributed by atoms with Crippen LogP contribution in [-0.2, 0) is 11.3 Å². The fraction of sp³-hybridized carbons (Fsp3) is 0.286. The van der Waals surface area contributed by atoms with Crippen molar-refractivity contribution in [2.45, 2.75) is 6.54 Å². The average molecular weight is 260 g/mol. The van der Waals surface area contributed by atoms with Crippen LogP contribution in [0.3, 0.4) is 0 Å². The van der Waals surface area contributed by atoms with E-state index in [0.717, 1.165) is 5.56 Å². The van der Waals surface area contributed by atoms with Crippen LogP contribution in [-0.4, -0.2) is 36.1 Å². The number of carbonyl (C=O) groups is 1. The molecule has 1 amide bonds. The third kappa shape index (κ3) is 3.66. The molecule has 0 fully saturated rings. The lowest BCUT2D eigenvalue weighted by Gasteiger charge is -2.21. The topological polar surface area (TPSA) is 55.6 Å². The van der Waals surface area contributed by atoms with Gasteiger partial charge in [0.05, 0.1) is 19.1 Å². The van der Waals surface area contributed by atoms with Gasteiger partial charge in [0.25, 0.3) is 5.91 Å². The summed E-state index contributed by atoms with van der Waals surface area (Å²) in [6.07, 6.45) is 6.46. The highest BCUT2D eigenvalue weighted by molar-refractivity contribution is 5.94. The van der Waals surface area contributed by atoms with Crippen molar-refractivity contribution in [3.63, 3.8) is 0 Å². The number of aromatic nitrogens is 1. The number of carbonyl (C=O) groups excluding carboxylic acids is 1. The van der Waals surface area contributed by atoms with E-state index in [4.69, 9.17) is 9.15 Å². The van der Waals surface area contributed by atoms with Crippen LogP contribution in [0.5, 0.6) is 0 Å². The van der Waals surface area contributed by atoms with Gasteiger partial charge in [0.1, 0.15) is 0 Å². The number of methoxy groups -OCH3 is 1. The summed E-state index contributed by atoms with van der Waals surface area (Å²) in [4.78, 5) is 18.0. The Morgan fingerprint density at radius 1 is 1.37 bits per heavy atom. The van der Waals surface area contributed by atoms with Crippen molar-refractivity contribution in [3.05, 3.63) is 54.2 Å². The Morgan fingerprint density at radius 3 is 2.79 bits per heavy atom. The molecule has 0 bridgehead atoms. The van der Waals surface area contributed by atoms with Gasteiger partial charge in [-0.1, -0.05) is 0 Å². The van der Waals surface area contributed by atoms with Gasteiger partial charge in [-0.15, -0.1) is 0 Å². The van der Waals surface area contributed by atoms with Crippen molar-refractivity contribution in [2.75, 3.05) is 20.3 Å². The maximum Gasteiger partial charge on any atom is 0.254 e. The number of amides is 1. The van der Waals surface area contributed by atoms with Gasteiger partial charge in [-0.2, -0.15) is 0 Å². The summed E-state index contributed by atoms with van der Waals surface area (Å²) in [5.74, 6) is -0.0411. The Hall–Kier alpha value is -2.14. The summed E-state index contributed by atoms with van der Waals surface area (Å²) < 4.78 is 10.1. The molecule has 0 aliphatic rings. The van der Waals surface area contributed by atoms with Gasteiger partial charge < -0.3 is 14.1 Å². The fourth-order valence-corrected chi connectivity index (χ4v) is 1.73. The van der Waals surface area contributed by atoms with Gasteiger partial charge in [0.2, 0.25) is 0 Å². The maximum absolute atomic E-state index is 12.4. The van der Waals surface area contributed by atoms with Gasteiger partial charge in [0.15, 0.2) is 0 Å². The Labute approximate surface area is 111 Å². The summed E-state index contributed by atoms with van der Waals surface area (Å²) in [5, 5.41) is 0. The minimum atomic E-state index is -0.0411. The molecule has 5 heteroatoms. The normalized spacial score (nSPS) is 10.4. The predicted molar refractivity (Wildman–Crippen MR) is 69.6 cm³/mol. The van der Waals surface area contributed by atoms with Crippen LogP contribution >= 0.6 is 0 Å². The molecule has 0 atom stereocenters. The minimum Gasteiger partial charge on any atom is -0.472 e. The first-order valence-electron chi connectivity index (χ1n) is 6.00. The molecule has 2 aromatic rings. The molecule has 0 spiro atoms. The van der Waals surface area contributed by atoms with Crippen LogP contribution in [0.15, 0.2) is 47.5 Å². The third-order valence-corrected chi connectivity index (χ3v) is 2.73. The number of nitrogens with zero attached hydrogens (tertiary/aromatic N) is 2. The van der Waals surface area contributed by atoms with Crippen molar-refractivity contribution in [1.82, 2.24) is 9.88 Å². The minimum absolute atomic E-state index is 0.0411. The second-order valence-corrected chi connectivity index (χ2v) is 4.09. The smallest absolute Gasteiger partial charge is 0.254 e. The largest absolute Gasteiger partial charge is 0.472 e. The van der Waals surface area contributed by atoms with Crippen LogP contribution in [0.4, 0.5) is 0 Å². The molecule has 0 unspecified atom stereocenters. The van der Waals surface area contributed by atoms with Crippen LogP contribution in [0.2, 0.25) is 0 Å². The van der Waals surface area contributed by atoms with E-state index in [-0.39, 0.29) is 5.91 Å². The first-order valence-corrected chi connectivity index (χ1v) is 6.00. The molecule has 2 aromatic heterocycles. The highest BCUT2D eigenvalue weighted by Crippen LogP contribution is 2.10. The van der Waals surface area contributed by atoms with Crippen LogP contribution in [0, 0.1) is 0 Å².